The van der Waals surface area contributed by atoms with Gasteiger partial charge in [0.1, 0.15) is 34.2 Å². The van der Waals surface area contributed by atoms with Crippen LogP contribution in [-0.2, 0) is 58.4 Å². The third-order valence-corrected chi connectivity index (χ3v) is 15.2. The summed E-state index contributed by atoms with van der Waals surface area (Å²) in [6.45, 7) is 6.82. The predicted octanol–water partition coefficient (Wildman–Crippen LogP) is -2.42. The van der Waals surface area contributed by atoms with Crippen LogP contribution in [0.1, 0.15) is 39.3 Å². The summed E-state index contributed by atoms with van der Waals surface area (Å²) in [4.78, 5) is 119. The molecule has 2 fully saturated rings. The minimum Gasteiger partial charge on any atom is -0.478 e. The van der Waals surface area contributed by atoms with Gasteiger partial charge in [-0.3, -0.25) is 38.1 Å². The largest absolute Gasteiger partial charge is 0.478 e. The smallest absolute Gasteiger partial charge is 0.394 e. The van der Waals surface area contributed by atoms with Crippen molar-refractivity contribution in [2.24, 2.45) is 10.3 Å². The lowest BCUT2D eigenvalue weighted by atomic mass is 10.0. The predicted molar refractivity (Wildman–Crippen MR) is 278 cm³/mol. The van der Waals surface area contributed by atoms with E-state index in [2.05, 4.69) is 39.7 Å². The lowest BCUT2D eigenvalue weighted by Gasteiger charge is -2.49. The monoisotopic (exact) mass is 1200 g/mol. The van der Waals surface area contributed by atoms with Crippen LogP contribution in [-0.4, -0.2) is 231 Å². The van der Waals surface area contributed by atoms with E-state index in [0.717, 1.165) is 23.1 Å². The van der Waals surface area contributed by atoms with Crippen LogP contribution in [0.4, 0.5) is 10.3 Å². The topological polar surface area (TPSA) is 482 Å². The number of nitrogens with zero attached hydrogens (tertiary/aromatic N) is 12. The number of nitrogens with one attached hydrogen (secondary N) is 2. The summed E-state index contributed by atoms with van der Waals surface area (Å²) in [6, 6.07) is -2.11. The number of carboxylic acids is 4. The number of amides is 4. The van der Waals surface area contributed by atoms with Crippen molar-refractivity contribution >= 4 is 126 Å². The highest BCUT2D eigenvalue weighted by molar-refractivity contribution is 8.00. The van der Waals surface area contributed by atoms with Gasteiger partial charge < -0.3 is 62.2 Å². The zero-order valence-electron chi connectivity index (χ0n) is 42.0. The second-order valence-electron chi connectivity index (χ2n) is 17.9. The Morgan fingerprint density at radius 2 is 1.03 bits per heavy atom. The Morgan fingerprint density at radius 3 is 1.29 bits per heavy atom. The minimum atomic E-state index is -4.67. The molecule has 34 nitrogen and oxygen atoms in total. The Bertz CT molecular complexity index is 2920. The van der Waals surface area contributed by atoms with Gasteiger partial charge in [0.2, 0.25) is 34.3 Å². The fourth-order valence-corrected chi connectivity index (χ4v) is 10.9. The third kappa shape index (κ3) is 14.2. The fourth-order valence-electron chi connectivity index (χ4n) is 7.34. The van der Waals surface area contributed by atoms with E-state index in [1.807, 2.05) is 58.7 Å². The Hall–Kier alpha value is -7.53. The molecule has 0 spiro atoms. The quantitative estimate of drug-likeness (QED) is 0.0321. The average molecular weight is 1200 g/mol. The second kappa shape index (κ2) is 24.2. The zero-order valence-corrected chi connectivity index (χ0v) is 46.1. The number of rotatable bonds is 18. The molecule has 0 radical (unpaired) electrons. The first-order valence-electron chi connectivity index (χ1n) is 22.4. The Labute approximate surface area is 463 Å². The summed E-state index contributed by atoms with van der Waals surface area (Å²) < 4.78 is 39.4. The summed E-state index contributed by atoms with van der Waals surface area (Å²) in [6.07, 6.45) is 7.60. The van der Waals surface area contributed by atoms with E-state index >= 15 is 0 Å². The third-order valence-electron chi connectivity index (χ3n) is 11.5. The van der Waals surface area contributed by atoms with Crippen molar-refractivity contribution in [2.75, 3.05) is 63.2 Å². The maximum absolute atomic E-state index is 13.1. The number of thioether (sulfide) groups is 2. The molecule has 428 valence electrons. The van der Waals surface area contributed by atoms with E-state index in [-0.39, 0.29) is 33.3 Å². The van der Waals surface area contributed by atoms with Crippen molar-refractivity contribution in [3.63, 3.8) is 0 Å². The first-order valence-corrected chi connectivity index (χ1v) is 27.4. The number of hydrogen-bond acceptors (Lipinski definition) is 28. The molecule has 6 aliphatic rings. The number of hydrazine groups is 2. The Kier molecular flexibility index (Phi) is 18.6. The minimum absolute atomic E-state index is 0.0318. The number of nitrogens with two attached hydrogens (primary N) is 2. The molecule has 8 heterocycles. The van der Waals surface area contributed by atoms with Crippen molar-refractivity contribution in [3.8, 4) is 0 Å². The number of aromatic nitrogens is 4. The summed E-state index contributed by atoms with van der Waals surface area (Å²) in [5, 5.41) is 56.9. The van der Waals surface area contributed by atoms with Crippen LogP contribution < -0.4 is 22.1 Å². The molecule has 2 aromatic heterocycles. The molecule has 0 unspecified atom stereocenters. The number of carbonyl (C=O) groups is 8. The SMILES string of the molecule is CN1C=CCN1CC1=C(C(=O)O)N2C(=O)[C@@H](NC(=O)/C(=N\OC(C)(C)C(=O)O)c3nsc(N)n3)[C@H]2SC1.CN1C=CCN1CC1=C(C(=O)O)N2C(=O)[C@@H](NC(=O)/C(=N\OC(C)(C)C(=O)O)c3nsc(N)n3)[C@H]2SC1.O=S(=O)(O)O. The van der Waals surface area contributed by atoms with Crippen LogP contribution in [0, 0.1) is 0 Å². The number of hydrogen-bond donors (Lipinski definition) is 10. The molecule has 0 bridgehead atoms. The number of β-lactam (4-membered cyclic amide) rings is 2. The van der Waals surface area contributed by atoms with Crippen LogP contribution in [0.5, 0.6) is 0 Å². The first-order chi connectivity index (χ1) is 36.8. The van der Waals surface area contributed by atoms with E-state index in [1.54, 1.807) is 0 Å². The van der Waals surface area contributed by atoms with Gasteiger partial charge in [-0.2, -0.15) is 27.1 Å². The molecule has 8 rings (SSSR count). The van der Waals surface area contributed by atoms with Crippen molar-refractivity contribution in [1.29, 1.82) is 0 Å². The van der Waals surface area contributed by atoms with Gasteiger partial charge in [-0.05, 0) is 38.8 Å². The van der Waals surface area contributed by atoms with Crippen molar-refractivity contribution in [1.82, 2.24) is 59.2 Å². The number of nitrogen functional groups attached to an aromatic ring is 2. The molecule has 6 aliphatic heterocycles. The van der Waals surface area contributed by atoms with E-state index in [0.29, 0.717) is 48.8 Å². The lowest BCUT2D eigenvalue weighted by molar-refractivity contribution is -0.161. The van der Waals surface area contributed by atoms with E-state index in [1.165, 1.54) is 61.0 Å². The maximum atomic E-state index is 13.1. The maximum Gasteiger partial charge on any atom is 0.394 e. The molecule has 39 heteroatoms. The first kappa shape index (κ1) is 60.7. The molecule has 4 atom stereocenters. The molecule has 0 saturated carbocycles. The van der Waals surface area contributed by atoms with Crippen LogP contribution in [0.15, 0.2) is 57.4 Å². The van der Waals surface area contributed by atoms with Gasteiger partial charge in [-0.1, -0.05) is 22.5 Å². The number of fused-ring (bicyclic) bond motifs is 2. The van der Waals surface area contributed by atoms with Crippen molar-refractivity contribution in [2.45, 2.75) is 61.7 Å². The summed E-state index contributed by atoms with van der Waals surface area (Å²) >= 11 is 4.21. The van der Waals surface area contributed by atoms with E-state index in [9.17, 15) is 58.8 Å². The molecule has 0 aliphatic carbocycles. The van der Waals surface area contributed by atoms with Crippen LogP contribution >= 0.6 is 46.6 Å². The lowest BCUT2D eigenvalue weighted by Crippen LogP contribution is -2.71. The molecule has 2 saturated heterocycles. The van der Waals surface area contributed by atoms with E-state index < -0.39 is 103 Å². The highest BCUT2D eigenvalue weighted by Crippen LogP contribution is 2.42. The van der Waals surface area contributed by atoms with Gasteiger partial charge in [-0.25, -0.2) is 29.2 Å². The summed E-state index contributed by atoms with van der Waals surface area (Å²) in [5.74, 6) is -7.89. The standard InChI is InChI=1S/2C20H24N8O7S2.H2O4S/c2*1-20(2,18(33)34)35-24-10(13-23-19(21)37-25-13)14(29)22-11-15(30)28-12(17(31)32)9(8-36-16(11)28)7-27-6-4-5-26(27)3;1-5(2,3)4/h2*4-5,11,16H,6-8H2,1-3H3,(H,22,29)(H,31,32)(H,33,34)(H2,21,23,25);(H2,1,2,3,4)/b2*24-10-;/t2*11-,16-;/m11./s1. The number of anilines is 2. The van der Waals surface area contributed by atoms with Gasteiger partial charge in [0.25, 0.3) is 23.6 Å². The molecular formula is C40H50N16O18S5. The highest BCUT2D eigenvalue weighted by Gasteiger charge is 2.56. The molecule has 12 N–H and O–H groups in total. The van der Waals surface area contributed by atoms with Crippen LogP contribution in [0.2, 0.25) is 0 Å². The van der Waals surface area contributed by atoms with Gasteiger partial charge in [-0.15, -0.1) is 23.5 Å². The normalized spacial score (nSPS) is 21.5. The summed E-state index contributed by atoms with van der Waals surface area (Å²) in [5.41, 5.74) is 7.67. The van der Waals surface area contributed by atoms with Crippen molar-refractivity contribution < 1.29 is 86.0 Å². The number of oxime groups is 2. The van der Waals surface area contributed by atoms with Crippen LogP contribution in [0.3, 0.4) is 0 Å². The Balaban J connectivity index is 0.000000235. The molecule has 0 aromatic carbocycles. The van der Waals surface area contributed by atoms with E-state index in [4.69, 9.17) is 38.7 Å². The zero-order chi connectivity index (χ0) is 58.6. The molecule has 2 aromatic rings. The molecule has 79 heavy (non-hydrogen) atoms. The molecular weight excluding hydrogens is 1150 g/mol. The fraction of sp³-hybridized carbons (Fsp3) is 0.450. The van der Waals surface area contributed by atoms with Crippen LogP contribution in [0.25, 0.3) is 0 Å². The number of carboxylic acid groups (broad SMARTS) is 4. The average Bonchev–Trinajstić information content (AvgIpc) is 4.28. The molecule has 4 amide bonds. The number of aliphatic carboxylic acids is 4. The van der Waals surface area contributed by atoms with Crippen molar-refractivity contribution in [3.05, 3.63) is 58.7 Å². The van der Waals surface area contributed by atoms with Gasteiger partial charge in [0, 0.05) is 87.2 Å². The van der Waals surface area contributed by atoms with Gasteiger partial charge >= 0.3 is 34.3 Å². The summed E-state index contributed by atoms with van der Waals surface area (Å²) in [7, 11) is -0.982. The second-order valence-corrected chi connectivity index (χ2v) is 22.6. The van der Waals surface area contributed by atoms with Gasteiger partial charge in [0.15, 0.2) is 10.3 Å². The Morgan fingerprint density at radius 1 is 0.684 bits per heavy atom. The van der Waals surface area contributed by atoms with Gasteiger partial charge in [0.05, 0.1) is 0 Å². The highest BCUT2D eigenvalue weighted by atomic mass is 32.3. The number of carbonyl (C=O) groups excluding carboxylic acids is 4.